The molecule has 3 aromatic rings. The van der Waals surface area contributed by atoms with Crippen LogP contribution >= 0.6 is 11.8 Å². The Morgan fingerprint density at radius 1 is 1.16 bits per heavy atom. The lowest BCUT2D eigenvalue weighted by atomic mass is 9.78. The third-order valence-corrected chi connectivity index (χ3v) is 9.00. The molecule has 38 heavy (non-hydrogen) atoms. The fraction of sp³-hybridized carbons (Fsp3) is 0.357. The van der Waals surface area contributed by atoms with Crippen LogP contribution in [0.4, 0.5) is 13.2 Å². The Morgan fingerprint density at radius 3 is 2.58 bits per heavy atom. The molecule has 3 aliphatic heterocycles. The van der Waals surface area contributed by atoms with Crippen LogP contribution in [0, 0.1) is 12.3 Å². The van der Waals surface area contributed by atoms with Crippen LogP contribution in [-0.4, -0.2) is 52.1 Å². The Kier molecular flexibility index (Phi) is 6.17. The van der Waals surface area contributed by atoms with Gasteiger partial charge in [-0.25, -0.2) is 4.98 Å². The molecule has 1 aromatic heterocycles. The van der Waals surface area contributed by atoms with Crippen LogP contribution in [0.5, 0.6) is 5.75 Å². The van der Waals surface area contributed by atoms with E-state index < -0.39 is 11.7 Å². The van der Waals surface area contributed by atoms with E-state index in [0.29, 0.717) is 0 Å². The van der Waals surface area contributed by atoms with E-state index in [1.807, 2.05) is 47.6 Å². The van der Waals surface area contributed by atoms with Crippen molar-refractivity contribution in [3.05, 3.63) is 82.9 Å². The topological polar surface area (TPSA) is 51.9 Å². The molecule has 6 rings (SSSR count). The van der Waals surface area contributed by atoms with E-state index >= 15 is 0 Å². The first-order valence-corrected chi connectivity index (χ1v) is 13.5. The Bertz CT molecular complexity index is 1410. The number of aryl methyl sites for hydroxylation is 1. The molecule has 1 spiro atoms. The Hall–Kier alpha value is -3.40. The highest BCUT2D eigenvalue weighted by molar-refractivity contribution is 8.00. The molecular formula is C28H27F3N4O2S. The molecule has 0 N–H and O–H groups in total. The van der Waals surface area contributed by atoms with Gasteiger partial charge in [-0.15, -0.1) is 0 Å². The first kappa shape index (κ1) is 24.9. The number of hydrogen-bond donors (Lipinski definition) is 0. The third-order valence-electron chi connectivity index (χ3n) is 7.36. The van der Waals surface area contributed by atoms with Crippen molar-refractivity contribution in [2.75, 3.05) is 31.8 Å². The summed E-state index contributed by atoms with van der Waals surface area (Å²) in [6.07, 6.45) is 2.33. The van der Waals surface area contributed by atoms with Crippen LogP contribution < -0.4 is 4.74 Å². The van der Waals surface area contributed by atoms with Crippen molar-refractivity contribution in [1.82, 2.24) is 14.5 Å². The molecular weight excluding hydrogens is 513 g/mol. The van der Waals surface area contributed by atoms with Crippen molar-refractivity contribution in [2.24, 2.45) is 10.6 Å². The molecule has 6 nitrogen and oxygen atoms in total. The summed E-state index contributed by atoms with van der Waals surface area (Å²) in [6.45, 7) is 3.03. The molecule has 3 aliphatic rings. The predicted octanol–water partition coefficient (Wildman–Crippen LogP) is 6.12. The van der Waals surface area contributed by atoms with E-state index in [1.54, 1.807) is 25.6 Å². The minimum absolute atomic E-state index is 0.107. The molecule has 2 aromatic carbocycles. The second kappa shape index (κ2) is 9.41. The average molecular weight is 541 g/mol. The summed E-state index contributed by atoms with van der Waals surface area (Å²) in [5, 5.41) is 4.44. The number of rotatable bonds is 4. The number of aromatic nitrogens is 2. The summed E-state index contributed by atoms with van der Waals surface area (Å²) >= 11 is 1.92. The molecule has 10 heteroatoms. The maximum Gasteiger partial charge on any atom is 0.416 e. The highest BCUT2D eigenvalue weighted by Crippen LogP contribution is 2.49. The smallest absolute Gasteiger partial charge is 0.416 e. The number of halogens is 3. The summed E-state index contributed by atoms with van der Waals surface area (Å²) in [4.78, 5) is 12.2. The standard InChI is InChI=1S/C28H27F3N4O2S/c1-18-12-34(17-32-18)23-8-3-19(10-25(23)36-2)9-21-11-27(15-38-16-27)14-35-24(13-37-33-26(21)35)20-4-6-22(7-5-20)28(29,30)31/h3-10,12,17,24H,11,13-16H2,1-2H3/b21-9-. The van der Waals surface area contributed by atoms with Crippen LogP contribution in [0.1, 0.15) is 34.8 Å². The monoisotopic (exact) mass is 540 g/mol. The number of thioether (sulfide) groups is 1. The molecule has 2 saturated heterocycles. The molecule has 0 saturated carbocycles. The van der Waals surface area contributed by atoms with E-state index in [0.717, 1.165) is 76.3 Å². The first-order chi connectivity index (χ1) is 18.2. The quantitative estimate of drug-likeness (QED) is 0.399. The van der Waals surface area contributed by atoms with Gasteiger partial charge in [-0.3, -0.25) is 0 Å². The maximum absolute atomic E-state index is 13.1. The number of nitrogens with zero attached hydrogens (tertiary/aromatic N) is 4. The van der Waals surface area contributed by atoms with E-state index in [9.17, 15) is 13.2 Å². The average Bonchev–Trinajstić information content (AvgIpc) is 3.32. The van der Waals surface area contributed by atoms with Gasteiger partial charge >= 0.3 is 6.18 Å². The van der Waals surface area contributed by atoms with Gasteiger partial charge in [0, 0.05) is 29.7 Å². The van der Waals surface area contributed by atoms with Crippen molar-refractivity contribution in [3.63, 3.8) is 0 Å². The molecule has 2 fully saturated rings. The zero-order valence-electron chi connectivity index (χ0n) is 21.0. The molecule has 1 atom stereocenters. The Balaban J connectivity index is 1.34. The lowest BCUT2D eigenvalue weighted by molar-refractivity contribution is -0.137. The zero-order valence-corrected chi connectivity index (χ0v) is 21.9. The van der Waals surface area contributed by atoms with Crippen molar-refractivity contribution < 1.29 is 22.7 Å². The Morgan fingerprint density at radius 2 is 1.95 bits per heavy atom. The molecule has 198 valence electrons. The number of imidazole rings is 1. The van der Waals surface area contributed by atoms with Gasteiger partial charge < -0.3 is 19.0 Å². The molecule has 0 amide bonds. The van der Waals surface area contributed by atoms with E-state index in [1.165, 1.54) is 0 Å². The second-order valence-corrected chi connectivity index (χ2v) is 11.2. The fourth-order valence-electron chi connectivity index (χ4n) is 5.41. The Labute approximate surface area is 223 Å². The van der Waals surface area contributed by atoms with Crippen molar-refractivity contribution in [2.45, 2.75) is 25.6 Å². The minimum atomic E-state index is -4.37. The summed E-state index contributed by atoms with van der Waals surface area (Å²) in [7, 11) is 1.65. The molecule has 0 bridgehead atoms. The number of oxime groups is 1. The molecule has 0 radical (unpaired) electrons. The van der Waals surface area contributed by atoms with Gasteiger partial charge in [-0.05, 0) is 60.4 Å². The lowest BCUT2D eigenvalue weighted by Crippen LogP contribution is -2.56. The normalized spacial score (nSPS) is 21.5. The zero-order chi connectivity index (χ0) is 26.5. The molecule has 1 unspecified atom stereocenters. The van der Waals surface area contributed by atoms with Crippen LogP contribution in [0.3, 0.4) is 0 Å². The highest BCUT2D eigenvalue weighted by Gasteiger charge is 2.48. The number of piperidine rings is 1. The van der Waals surface area contributed by atoms with E-state index in [4.69, 9.17) is 9.57 Å². The number of ether oxygens (including phenoxy) is 1. The molecule has 4 heterocycles. The molecule has 0 aliphatic carbocycles. The maximum atomic E-state index is 13.1. The summed E-state index contributed by atoms with van der Waals surface area (Å²) in [6, 6.07) is 11.2. The summed E-state index contributed by atoms with van der Waals surface area (Å²) in [5.41, 5.74) is 4.09. The van der Waals surface area contributed by atoms with Crippen molar-refractivity contribution >= 4 is 23.7 Å². The summed E-state index contributed by atoms with van der Waals surface area (Å²) in [5.74, 6) is 3.55. The SMILES string of the molecule is COc1cc(/C=C2/CC3(CSC3)CN3C2=NOCC3c2ccc(C(F)(F)F)cc2)ccc1-n1cnc(C)c1. The van der Waals surface area contributed by atoms with Gasteiger partial charge in [0.2, 0.25) is 0 Å². The number of amidine groups is 1. The second-order valence-electron chi connectivity index (χ2n) is 10.2. The summed E-state index contributed by atoms with van der Waals surface area (Å²) < 4.78 is 47.1. The minimum Gasteiger partial charge on any atom is -0.495 e. The van der Waals surface area contributed by atoms with Gasteiger partial charge in [0.25, 0.3) is 0 Å². The van der Waals surface area contributed by atoms with E-state index in [2.05, 4.69) is 21.1 Å². The lowest BCUT2D eigenvalue weighted by Gasteiger charge is -2.52. The van der Waals surface area contributed by atoms with Gasteiger partial charge in [-0.2, -0.15) is 24.9 Å². The fourth-order valence-corrected chi connectivity index (χ4v) is 6.58. The number of fused-ring (bicyclic) bond motifs is 1. The van der Waals surface area contributed by atoms with Crippen molar-refractivity contribution in [1.29, 1.82) is 0 Å². The van der Waals surface area contributed by atoms with Gasteiger partial charge in [0.05, 0.1) is 36.4 Å². The van der Waals surface area contributed by atoms with Crippen LogP contribution in [0.15, 0.2) is 65.7 Å². The third kappa shape index (κ3) is 4.55. The van der Waals surface area contributed by atoms with Gasteiger partial charge in [-0.1, -0.05) is 23.4 Å². The number of methoxy groups -OCH3 is 1. The van der Waals surface area contributed by atoms with Crippen LogP contribution in [0.25, 0.3) is 11.8 Å². The largest absolute Gasteiger partial charge is 0.495 e. The van der Waals surface area contributed by atoms with Gasteiger partial charge in [0.1, 0.15) is 12.4 Å². The van der Waals surface area contributed by atoms with Crippen molar-refractivity contribution in [3.8, 4) is 11.4 Å². The number of hydrogen-bond acceptors (Lipinski definition) is 6. The van der Waals surface area contributed by atoms with E-state index in [-0.39, 0.29) is 18.1 Å². The number of benzene rings is 2. The highest BCUT2D eigenvalue weighted by atomic mass is 32.2. The number of alkyl halides is 3. The van der Waals surface area contributed by atoms with Gasteiger partial charge in [0.15, 0.2) is 5.84 Å². The van der Waals surface area contributed by atoms with Crippen LogP contribution in [0.2, 0.25) is 0 Å². The first-order valence-electron chi connectivity index (χ1n) is 12.4. The van der Waals surface area contributed by atoms with Crippen LogP contribution in [-0.2, 0) is 11.0 Å². The predicted molar refractivity (Wildman–Crippen MR) is 141 cm³/mol.